The van der Waals surface area contributed by atoms with Crippen LogP contribution in [0.3, 0.4) is 0 Å². The second-order valence-electron chi connectivity index (χ2n) is 7.31. The Bertz CT molecular complexity index is 538. The molecule has 2 unspecified atom stereocenters. The maximum absolute atomic E-state index is 12.4. The lowest BCUT2D eigenvalue weighted by Gasteiger charge is -2.33. The summed E-state index contributed by atoms with van der Waals surface area (Å²) >= 11 is 0. The minimum atomic E-state index is 0.277. The van der Waals surface area contributed by atoms with Gasteiger partial charge in [0, 0.05) is 25.0 Å². The van der Waals surface area contributed by atoms with E-state index in [0.717, 1.165) is 19.5 Å². The number of carbonyl (C=O) groups excluding carboxylic acids is 1. The van der Waals surface area contributed by atoms with E-state index in [1.165, 1.54) is 36.8 Å². The SMILES string of the molecule is CCC(C)c1cccc(C2CCCN(C(=O)CNC3CC3)C2)c1. The number of amides is 1. The van der Waals surface area contributed by atoms with Crippen molar-refractivity contribution < 1.29 is 4.79 Å². The molecule has 3 nitrogen and oxygen atoms in total. The number of piperidine rings is 1. The van der Waals surface area contributed by atoms with Crippen LogP contribution in [0.5, 0.6) is 0 Å². The second kappa shape index (κ2) is 7.48. The summed E-state index contributed by atoms with van der Waals surface area (Å²) in [6.07, 6.45) is 5.96. The summed E-state index contributed by atoms with van der Waals surface area (Å²) in [5.41, 5.74) is 2.85. The Labute approximate surface area is 140 Å². The molecule has 1 saturated heterocycles. The quantitative estimate of drug-likeness (QED) is 0.869. The average molecular weight is 314 g/mol. The summed E-state index contributed by atoms with van der Waals surface area (Å²) in [5.74, 6) is 1.39. The number of benzene rings is 1. The minimum Gasteiger partial charge on any atom is -0.341 e. The van der Waals surface area contributed by atoms with Crippen LogP contribution in [-0.4, -0.2) is 36.5 Å². The molecule has 2 aliphatic rings. The first-order valence-electron chi connectivity index (χ1n) is 9.28. The lowest BCUT2D eigenvalue weighted by atomic mass is 9.87. The van der Waals surface area contributed by atoms with Crippen LogP contribution >= 0.6 is 0 Å². The van der Waals surface area contributed by atoms with Gasteiger partial charge < -0.3 is 10.2 Å². The van der Waals surface area contributed by atoms with Crippen LogP contribution in [0, 0.1) is 0 Å². The van der Waals surface area contributed by atoms with Gasteiger partial charge in [0.15, 0.2) is 0 Å². The molecule has 1 N–H and O–H groups in total. The van der Waals surface area contributed by atoms with E-state index < -0.39 is 0 Å². The number of hydrogen-bond acceptors (Lipinski definition) is 2. The van der Waals surface area contributed by atoms with Gasteiger partial charge in [-0.25, -0.2) is 0 Å². The maximum atomic E-state index is 12.4. The molecule has 3 rings (SSSR count). The zero-order valence-electron chi connectivity index (χ0n) is 14.6. The number of carbonyl (C=O) groups is 1. The van der Waals surface area contributed by atoms with E-state index in [1.807, 2.05) is 0 Å². The molecule has 1 aromatic carbocycles. The first kappa shape index (κ1) is 16.5. The molecule has 1 saturated carbocycles. The first-order valence-corrected chi connectivity index (χ1v) is 9.28. The molecule has 126 valence electrons. The average Bonchev–Trinajstić information content (AvgIpc) is 3.43. The number of nitrogens with one attached hydrogen (secondary N) is 1. The molecule has 0 spiro atoms. The number of likely N-dealkylation sites (tertiary alicyclic amines) is 1. The van der Waals surface area contributed by atoms with Gasteiger partial charge in [-0.05, 0) is 49.1 Å². The highest BCUT2D eigenvalue weighted by Gasteiger charge is 2.27. The number of hydrogen-bond donors (Lipinski definition) is 1. The molecule has 2 fully saturated rings. The molecular weight excluding hydrogens is 284 g/mol. The summed E-state index contributed by atoms with van der Waals surface area (Å²) in [7, 11) is 0. The van der Waals surface area contributed by atoms with Gasteiger partial charge in [-0.3, -0.25) is 4.79 Å². The third-order valence-corrected chi connectivity index (χ3v) is 5.46. The monoisotopic (exact) mass is 314 g/mol. The molecule has 2 atom stereocenters. The van der Waals surface area contributed by atoms with Crippen molar-refractivity contribution in [1.29, 1.82) is 0 Å². The summed E-state index contributed by atoms with van der Waals surface area (Å²) in [4.78, 5) is 14.5. The van der Waals surface area contributed by atoms with Crippen LogP contribution in [-0.2, 0) is 4.79 Å². The molecule has 1 aliphatic heterocycles. The normalized spacial score (nSPS) is 22.9. The summed E-state index contributed by atoms with van der Waals surface area (Å²) in [6, 6.07) is 9.64. The fourth-order valence-electron chi connectivity index (χ4n) is 3.46. The predicted octanol–water partition coefficient (Wildman–Crippen LogP) is 3.66. The van der Waals surface area contributed by atoms with Gasteiger partial charge in [-0.2, -0.15) is 0 Å². The van der Waals surface area contributed by atoms with Crippen LogP contribution in [0.25, 0.3) is 0 Å². The highest BCUT2D eigenvalue weighted by molar-refractivity contribution is 5.78. The van der Waals surface area contributed by atoms with E-state index in [0.29, 0.717) is 24.4 Å². The topological polar surface area (TPSA) is 32.3 Å². The highest BCUT2D eigenvalue weighted by atomic mass is 16.2. The Morgan fingerprint density at radius 1 is 1.35 bits per heavy atom. The molecule has 0 bridgehead atoms. The van der Waals surface area contributed by atoms with Crippen molar-refractivity contribution in [1.82, 2.24) is 10.2 Å². The molecule has 3 heteroatoms. The molecule has 1 amide bonds. The van der Waals surface area contributed by atoms with Crippen molar-refractivity contribution in [3.63, 3.8) is 0 Å². The zero-order valence-corrected chi connectivity index (χ0v) is 14.6. The molecule has 1 aromatic rings. The third-order valence-electron chi connectivity index (χ3n) is 5.46. The zero-order chi connectivity index (χ0) is 16.2. The van der Waals surface area contributed by atoms with E-state index in [9.17, 15) is 4.79 Å². The Hall–Kier alpha value is -1.35. The van der Waals surface area contributed by atoms with Gasteiger partial charge in [0.2, 0.25) is 5.91 Å². The largest absolute Gasteiger partial charge is 0.341 e. The maximum Gasteiger partial charge on any atom is 0.236 e. The Balaban J connectivity index is 1.62. The van der Waals surface area contributed by atoms with Crippen molar-refractivity contribution in [2.75, 3.05) is 19.6 Å². The summed E-state index contributed by atoms with van der Waals surface area (Å²) in [6.45, 7) is 6.86. The molecule has 1 aliphatic carbocycles. The minimum absolute atomic E-state index is 0.277. The van der Waals surface area contributed by atoms with Crippen molar-refractivity contribution in [3.8, 4) is 0 Å². The standard InChI is InChI=1S/C20H30N2O/c1-3-15(2)16-6-4-7-17(12-16)18-8-5-11-22(14-18)20(23)13-21-19-9-10-19/h4,6-7,12,15,18-19,21H,3,5,8-11,13-14H2,1-2H3. The van der Waals surface area contributed by atoms with Crippen molar-refractivity contribution in [3.05, 3.63) is 35.4 Å². The Kier molecular flexibility index (Phi) is 5.37. The smallest absolute Gasteiger partial charge is 0.236 e. The summed E-state index contributed by atoms with van der Waals surface area (Å²) < 4.78 is 0. The molecular formula is C20H30N2O. The van der Waals surface area contributed by atoms with Crippen LogP contribution in [0.1, 0.15) is 68.9 Å². The van der Waals surface area contributed by atoms with Crippen molar-refractivity contribution in [2.45, 2.75) is 63.8 Å². The Morgan fingerprint density at radius 2 is 2.17 bits per heavy atom. The summed E-state index contributed by atoms with van der Waals surface area (Å²) in [5, 5.41) is 3.35. The number of nitrogens with zero attached hydrogens (tertiary/aromatic N) is 1. The fourth-order valence-corrected chi connectivity index (χ4v) is 3.46. The Morgan fingerprint density at radius 3 is 2.91 bits per heavy atom. The predicted molar refractivity (Wildman–Crippen MR) is 94.7 cm³/mol. The van der Waals surface area contributed by atoms with E-state index in [4.69, 9.17) is 0 Å². The molecule has 0 aromatic heterocycles. The van der Waals surface area contributed by atoms with E-state index >= 15 is 0 Å². The first-order chi connectivity index (χ1) is 11.2. The van der Waals surface area contributed by atoms with Crippen molar-refractivity contribution in [2.24, 2.45) is 0 Å². The van der Waals surface area contributed by atoms with Gasteiger partial charge in [0.25, 0.3) is 0 Å². The van der Waals surface area contributed by atoms with Gasteiger partial charge in [0.05, 0.1) is 6.54 Å². The van der Waals surface area contributed by atoms with Gasteiger partial charge >= 0.3 is 0 Å². The second-order valence-corrected chi connectivity index (χ2v) is 7.31. The fraction of sp³-hybridized carbons (Fsp3) is 0.650. The van der Waals surface area contributed by atoms with Crippen LogP contribution < -0.4 is 5.32 Å². The van der Waals surface area contributed by atoms with Crippen LogP contribution in [0.4, 0.5) is 0 Å². The van der Waals surface area contributed by atoms with Gasteiger partial charge in [0.1, 0.15) is 0 Å². The highest BCUT2D eigenvalue weighted by Crippen LogP contribution is 2.29. The van der Waals surface area contributed by atoms with Crippen LogP contribution in [0.15, 0.2) is 24.3 Å². The molecule has 0 radical (unpaired) electrons. The van der Waals surface area contributed by atoms with E-state index in [1.54, 1.807) is 0 Å². The lowest BCUT2D eigenvalue weighted by molar-refractivity contribution is -0.131. The number of rotatable bonds is 6. The van der Waals surface area contributed by atoms with E-state index in [2.05, 4.69) is 48.3 Å². The van der Waals surface area contributed by atoms with Gasteiger partial charge in [-0.15, -0.1) is 0 Å². The molecule has 1 heterocycles. The lowest BCUT2D eigenvalue weighted by Crippen LogP contribution is -2.43. The third kappa shape index (κ3) is 4.35. The van der Waals surface area contributed by atoms with Gasteiger partial charge in [-0.1, -0.05) is 38.1 Å². The van der Waals surface area contributed by atoms with E-state index in [-0.39, 0.29) is 5.91 Å². The van der Waals surface area contributed by atoms with Crippen molar-refractivity contribution >= 4 is 5.91 Å². The molecule has 23 heavy (non-hydrogen) atoms. The van der Waals surface area contributed by atoms with Crippen LogP contribution in [0.2, 0.25) is 0 Å².